The van der Waals surface area contributed by atoms with Crippen LogP contribution in [0.2, 0.25) is 0 Å². The molecule has 1 aliphatic rings. The summed E-state index contributed by atoms with van der Waals surface area (Å²) in [5, 5.41) is 3.02. The number of methoxy groups -OCH3 is 1. The van der Waals surface area contributed by atoms with Crippen LogP contribution in [0.4, 0.5) is 9.18 Å². The fourth-order valence-electron chi connectivity index (χ4n) is 2.58. The summed E-state index contributed by atoms with van der Waals surface area (Å²) in [6.07, 6.45) is 2.08. The van der Waals surface area contributed by atoms with E-state index in [-0.39, 0.29) is 17.9 Å². The Morgan fingerprint density at radius 1 is 1.48 bits per heavy atom. The van der Waals surface area contributed by atoms with Crippen molar-refractivity contribution in [2.24, 2.45) is 5.92 Å². The quantitative estimate of drug-likeness (QED) is 0.907. The van der Waals surface area contributed by atoms with Crippen LogP contribution in [-0.2, 0) is 11.3 Å². The summed E-state index contributed by atoms with van der Waals surface area (Å²) in [5.41, 5.74) is 1.81. The maximum Gasteiger partial charge on any atom is 0.317 e. The van der Waals surface area contributed by atoms with Crippen molar-refractivity contribution in [3.05, 3.63) is 35.1 Å². The Hall–Kier alpha value is -1.62. The molecule has 116 valence electrons. The normalized spacial score (nSPS) is 20.8. The third kappa shape index (κ3) is 3.94. The first-order chi connectivity index (χ1) is 10.0. The number of aryl methyl sites for hydroxylation is 1. The van der Waals surface area contributed by atoms with E-state index in [1.54, 1.807) is 25.1 Å². The molecule has 5 heteroatoms. The van der Waals surface area contributed by atoms with Gasteiger partial charge >= 0.3 is 6.03 Å². The number of ether oxygens (including phenoxy) is 1. The van der Waals surface area contributed by atoms with E-state index in [2.05, 4.69) is 5.32 Å². The molecular weight excluding hydrogens is 271 g/mol. The van der Waals surface area contributed by atoms with E-state index in [0.29, 0.717) is 19.1 Å². The summed E-state index contributed by atoms with van der Waals surface area (Å²) < 4.78 is 18.4. The van der Waals surface area contributed by atoms with E-state index in [0.717, 1.165) is 24.0 Å². The Morgan fingerprint density at radius 2 is 2.24 bits per heavy atom. The maximum absolute atomic E-state index is 13.3. The molecule has 0 unspecified atom stereocenters. The lowest BCUT2D eigenvalue weighted by atomic mass is 9.80. The number of urea groups is 1. The van der Waals surface area contributed by atoms with Crippen LogP contribution in [-0.4, -0.2) is 37.7 Å². The van der Waals surface area contributed by atoms with Gasteiger partial charge in [-0.2, -0.15) is 0 Å². The van der Waals surface area contributed by atoms with Gasteiger partial charge < -0.3 is 15.0 Å². The van der Waals surface area contributed by atoms with Crippen molar-refractivity contribution in [2.45, 2.75) is 32.4 Å². The van der Waals surface area contributed by atoms with E-state index in [1.807, 2.05) is 6.92 Å². The van der Waals surface area contributed by atoms with E-state index < -0.39 is 0 Å². The minimum absolute atomic E-state index is 0.121. The summed E-state index contributed by atoms with van der Waals surface area (Å²) in [6.45, 7) is 3.00. The van der Waals surface area contributed by atoms with Crippen molar-refractivity contribution >= 4 is 6.03 Å². The first kappa shape index (κ1) is 15.8. The smallest absolute Gasteiger partial charge is 0.317 e. The van der Waals surface area contributed by atoms with Crippen molar-refractivity contribution in [3.8, 4) is 0 Å². The number of rotatable bonds is 5. The van der Waals surface area contributed by atoms with Crippen molar-refractivity contribution in [1.29, 1.82) is 0 Å². The van der Waals surface area contributed by atoms with E-state index in [4.69, 9.17) is 4.74 Å². The molecule has 0 saturated heterocycles. The number of carbonyl (C=O) groups excluding carboxylic acids is 1. The highest BCUT2D eigenvalue weighted by atomic mass is 19.1. The van der Waals surface area contributed by atoms with Gasteiger partial charge in [0.1, 0.15) is 5.82 Å². The summed E-state index contributed by atoms with van der Waals surface area (Å²) in [5.74, 6) is 0.131. The largest absolute Gasteiger partial charge is 0.384 e. The Morgan fingerprint density at radius 3 is 2.86 bits per heavy atom. The molecule has 2 atom stereocenters. The molecule has 0 aromatic heterocycles. The topological polar surface area (TPSA) is 41.6 Å². The maximum atomic E-state index is 13.3. The molecule has 0 heterocycles. The van der Waals surface area contributed by atoms with Gasteiger partial charge in [-0.25, -0.2) is 9.18 Å². The molecule has 0 aliphatic heterocycles. The highest BCUT2D eigenvalue weighted by Crippen LogP contribution is 2.27. The number of nitrogens with zero attached hydrogens (tertiary/aromatic N) is 1. The first-order valence-electron chi connectivity index (χ1n) is 7.27. The van der Waals surface area contributed by atoms with Crippen molar-refractivity contribution in [3.63, 3.8) is 0 Å². The number of carbonyl (C=O) groups is 1. The van der Waals surface area contributed by atoms with Gasteiger partial charge in [-0.15, -0.1) is 0 Å². The second-order valence-corrected chi connectivity index (χ2v) is 5.78. The zero-order valence-electron chi connectivity index (χ0n) is 12.9. The molecule has 1 aromatic carbocycles. The van der Waals surface area contributed by atoms with Crippen molar-refractivity contribution in [2.75, 3.05) is 20.8 Å². The number of nitrogens with one attached hydrogen (secondary N) is 1. The lowest BCUT2D eigenvalue weighted by molar-refractivity contribution is 0.0803. The van der Waals surface area contributed by atoms with Gasteiger partial charge in [0.05, 0.1) is 6.61 Å². The monoisotopic (exact) mass is 294 g/mol. The van der Waals surface area contributed by atoms with Crippen LogP contribution in [0, 0.1) is 18.7 Å². The Labute approximate surface area is 125 Å². The highest BCUT2D eigenvalue weighted by molar-refractivity contribution is 5.74. The van der Waals surface area contributed by atoms with E-state index in [9.17, 15) is 9.18 Å². The minimum Gasteiger partial charge on any atom is -0.384 e. The van der Waals surface area contributed by atoms with Crippen LogP contribution in [0.3, 0.4) is 0 Å². The Bertz CT molecular complexity index is 507. The number of hydrogen-bond acceptors (Lipinski definition) is 2. The molecule has 1 aromatic rings. The van der Waals surface area contributed by atoms with Gasteiger partial charge in [-0.1, -0.05) is 6.07 Å². The molecule has 1 N–H and O–H groups in total. The Balaban J connectivity index is 1.89. The fourth-order valence-corrected chi connectivity index (χ4v) is 2.58. The van der Waals surface area contributed by atoms with Crippen LogP contribution >= 0.6 is 0 Å². The molecule has 2 rings (SSSR count). The third-order valence-corrected chi connectivity index (χ3v) is 4.17. The highest BCUT2D eigenvalue weighted by Gasteiger charge is 2.32. The SMILES string of the molecule is COC[C@H]1CC[C@H]1NC(=O)N(C)Cc1cc(F)ccc1C. The summed E-state index contributed by atoms with van der Waals surface area (Å²) in [7, 11) is 3.40. The summed E-state index contributed by atoms with van der Waals surface area (Å²) in [4.78, 5) is 13.8. The van der Waals surface area contributed by atoms with Crippen LogP contribution in [0.15, 0.2) is 18.2 Å². The second-order valence-electron chi connectivity index (χ2n) is 5.78. The third-order valence-electron chi connectivity index (χ3n) is 4.17. The van der Waals surface area contributed by atoms with E-state index in [1.165, 1.54) is 12.1 Å². The van der Waals surface area contributed by atoms with Crippen LogP contribution in [0.25, 0.3) is 0 Å². The van der Waals surface area contributed by atoms with Gasteiger partial charge in [0.15, 0.2) is 0 Å². The predicted molar refractivity (Wildman–Crippen MR) is 79.5 cm³/mol. The van der Waals surface area contributed by atoms with Gasteiger partial charge in [-0.3, -0.25) is 0 Å². The Kier molecular flexibility index (Phi) is 5.17. The molecule has 2 amide bonds. The fraction of sp³-hybridized carbons (Fsp3) is 0.562. The number of benzene rings is 1. The van der Waals surface area contributed by atoms with Gasteiger partial charge in [0.25, 0.3) is 0 Å². The molecule has 1 aliphatic carbocycles. The number of hydrogen-bond donors (Lipinski definition) is 1. The summed E-state index contributed by atoms with van der Waals surface area (Å²) >= 11 is 0. The standard InChI is InChI=1S/C16H23FN2O2/c1-11-4-6-14(17)8-13(11)9-19(2)16(20)18-15-7-5-12(15)10-21-3/h4,6,8,12,15H,5,7,9-10H2,1-3H3,(H,18,20)/t12-,15-/m1/s1. The van der Waals surface area contributed by atoms with Gasteiger partial charge in [0, 0.05) is 32.7 Å². The lowest BCUT2D eigenvalue weighted by Crippen LogP contribution is -2.51. The molecule has 0 spiro atoms. The average Bonchev–Trinajstić information content (AvgIpc) is 2.44. The average molecular weight is 294 g/mol. The van der Waals surface area contributed by atoms with Crippen LogP contribution in [0.1, 0.15) is 24.0 Å². The van der Waals surface area contributed by atoms with E-state index >= 15 is 0 Å². The molecule has 4 nitrogen and oxygen atoms in total. The summed E-state index contributed by atoms with van der Waals surface area (Å²) in [6, 6.07) is 4.72. The van der Waals surface area contributed by atoms with Crippen molar-refractivity contribution < 1.29 is 13.9 Å². The minimum atomic E-state index is -0.274. The van der Waals surface area contributed by atoms with Gasteiger partial charge in [-0.05, 0) is 43.0 Å². The van der Waals surface area contributed by atoms with Gasteiger partial charge in [0.2, 0.25) is 0 Å². The molecule has 0 bridgehead atoms. The molecule has 0 radical (unpaired) electrons. The lowest BCUT2D eigenvalue weighted by Gasteiger charge is -2.37. The predicted octanol–water partition coefficient (Wildman–Crippen LogP) is 2.70. The molecule has 1 saturated carbocycles. The molecular formula is C16H23FN2O2. The van der Waals surface area contributed by atoms with Crippen molar-refractivity contribution in [1.82, 2.24) is 10.2 Å². The number of halogens is 1. The zero-order chi connectivity index (χ0) is 15.4. The van der Waals surface area contributed by atoms with Crippen LogP contribution in [0.5, 0.6) is 0 Å². The van der Waals surface area contributed by atoms with Crippen LogP contribution < -0.4 is 5.32 Å². The first-order valence-corrected chi connectivity index (χ1v) is 7.27. The number of amides is 2. The molecule has 21 heavy (non-hydrogen) atoms. The molecule has 1 fully saturated rings. The zero-order valence-corrected chi connectivity index (χ0v) is 12.9. The second kappa shape index (κ2) is 6.89.